The lowest BCUT2D eigenvalue weighted by Crippen LogP contribution is -2.16. The molecule has 0 amide bonds. The molecule has 0 saturated carbocycles. The van der Waals surface area contributed by atoms with Gasteiger partial charge >= 0.3 is 0 Å². The van der Waals surface area contributed by atoms with Crippen molar-refractivity contribution in [2.24, 2.45) is 0 Å². The van der Waals surface area contributed by atoms with Gasteiger partial charge in [0.15, 0.2) is 5.75 Å². The lowest BCUT2D eigenvalue weighted by Gasteiger charge is -2.15. The maximum Gasteiger partial charge on any atom is 0.164 e. The van der Waals surface area contributed by atoms with Crippen molar-refractivity contribution in [3.05, 3.63) is 51.5 Å². The third-order valence-corrected chi connectivity index (χ3v) is 5.06. The molecule has 0 unspecified atom stereocenters. The predicted molar refractivity (Wildman–Crippen MR) is 114 cm³/mol. The molecule has 0 fully saturated rings. The van der Waals surface area contributed by atoms with Crippen molar-refractivity contribution < 1.29 is 9.47 Å². The second-order valence-electron chi connectivity index (χ2n) is 7.43. The first kappa shape index (κ1) is 20.7. The molecule has 0 spiro atoms. The summed E-state index contributed by atoms with van der Waals surface area (Å²) in [5.74, 6) is 5.41. The van der Waals surface area contributed by atoms with Crippen LogP contribution in [0.5, 0.6) is 17.2 Å². The minimum absolute atomic E-state index is 0.304. The number of ether oxygens (including phenoxy) is 2. The van der Waals surface area contributed by atoms with Gasteiger partial charge in [0.2, 0.25) is 0 Å². The first-order valence-corrected chi connectivity index (χ1v) is 12.7. The fourth-order valence-electron chi connectivity index (χ4n) is 2.33. The highest BCUT2D eigenvalue weighted by Gasteiger charge is 2.14. The normalized spacial score (nSPS) is 11.1. The molecule has 0 aromatic heterocycles. The molecule has 0 aliphatic heterocycles. The summed E-state index contributed by atoms with van der Waals surface area (Å²) in [4.78, 5) is 0. The second-order valence-corrected chi connectivity index (χ2v) is 13.0. The van der Waals surface area contributed by atoms with Crippen molar-refractivity contribution in [2.75, 3.05) is 7.11 Å². The fraction of sp³-hybridized carbons (Fsp3) is 0.333. The molecule has 0 aliphatic rings. The van der Waals surface area contributed by atoms with Crippen LogP contribution < -0.4 is 9.47 Å². The Balaban J connectivity index is 2.36. The highest BCUT2D eigenvalue weighted by Crippen LogP contribution is 2.39. The Labute approximate surface area is 167 Å². The van der Waals surface area contributed by atoms with Crippen LogP contribution in [-0.4, -0.2) is 15.2 Å². The highest BCUT2D eigenvalue weighted by molar-refractivity contribution is 6.83. The Bertz CT molecular complexity index is 836. The van der Waals surface area contributed by atoms with Crippen molar-refractivity contribution in [2.45, 2.75) is 39.4 Å². The topological polar surface area (TPSA) is 18.5 Å². The average Bonchev–Trinajstić information content (AvgIpc) is 2.55. The van der Waals surface area contributed by atoms with Crippen molar-refractivity contribution in [1.29, 1.82) is 0 Å². The zero-order valence-corrected chi connectivity index (χ0v) is 18.5. The van der Waals surface area contributed by atoms with E-state index in [0.717, 1.165) is 16.9 Å². The van der Waals surface area contributed by atoms with E-state index in [1.54, 1.807) is 19.2 Å². The summed E-state index contributed by atoms with van der Waals surface area (Å²) in [6, 6.07) is 9.28. The van der Waals surface area contributed by atoms with Gasteiger partial charge in [-0.25, -0.2) is 0 Å². The van der Waals surface area contributed by atoms with Gasteiger partial charge in [0.05, 0.1) is 17.2 Å². The molecule has 2 nitrogen and oxygen atoms in total. The van der Waals surface area contributed by atoms with Gasteiger partial charge < -0.3 is 9.47 Å². The molecule has 26 heavy (non-hydrogen) atoms. The third kappa shape index (κ3) is 5.44. The molecule has 0 saturated heterocycles. The molecule has 138 valence electrons. The number of rotatable bonds is 4. The maximum atomic E-state index is 6.40. The standard InChI is InChI=1S/C21H24Cl2O2Si/c1-14(2)17-13-16(7-8-20(17)24-3)25-21-18(22)11-15(12-19(21)23)9-10-26(4,5)6/h7-8,11-14H,1-6H3. The maximum absolute atomic E-state index is 6.40. The SMILES string of the molecule is COc1ccc(Oc2c(Cl)cc(C#C[Si](C)(C)C)cc2Cl)cc1C(C)C. The molecule has 2 rings (SSSR count). The van der Waals surface area contributed by atoms with Gasteiger partial charge in [0.1, 0.15) is 19.6 Å². The van der Waals surface area contributed by atoms with E-state index in [1.165, 1.54) is 0 Å². The number of hydrogen-bond donors (Lipinski definition) is 0. The fourth-order valence-corrected chi connectivity index (χ4v) is 3.42. The Morgan fingerprint density at radius 3 is 2.12 bits per heavy atom. The third-order valence-electron chi connectivity index (χ3n) is 3.62. The number of methoxy groups -OCH3 is 1. The van der Waals surface area contributed by atoms with E-state index in [-0.39, 0.29) is 0 Å². The van der Waals surface area contributed by atoms with Crippen LogP contribution in [0.4, 0.5) is 0 Å². The molecular formula is C21H24Cl2O2Si. The van der Waals surface area contributed by atoms with Crippen LogP contribution >= 0.6 is 23.2 Å². The first-order chi connectivity index (χ1) is 12.1. The molecule has 0 aliphatic carbocycles. The van der Waals surface area contributed by atoms with Crippen LogP contribution in [0.25, 0.3) is 0 Å². The smallest absolute Gasteiger partial charge is 0.164 e. The summed E-state index contributed by atoms with van der Waals surface area (Å²) in [6.07, 6.45) is 0. The molecule has 2 aromatic carbocycles. The minimum atomic E-state index is -1.47. The van der Waals surface area contributed by atoms with Crippen molar-refractivity contribution in [3.63, 3.8) is 0 Å². The van der Waals surface area contributed by atoms with Gasteiger partial charge in [-0.3, -0.25) is 0 Å². The second kappa shape index (κ2) is 8.39. The van der Waals surface area contributed by atoms with E-state index >= 15 is 0 Å². The van der Waals surface area contributed by atoms with Crippen molar-refractivity contribution in [1.82, 2.24) is 0 Å². The summed E-state index contributed by atoms with van der Waals surface area (Å²) in [5, 5.41) is 0.888. The van der Waals surface area contributed by atoms with Gasteiger partial charge in [-0.2, -0.15) is 0 Å². The van der Waals surface area contributed by atoms with E-state index in [1.807, 2.05) is 18.2 Å². The van der Waals surface area contributed by atoms with Crippen LogP contribution in [0.3, 0.4) is 0 Å². The largest absolute Gasteiger partial charge is 0.496 e. The summed E-state index contributed by atoms with van der Waals surface area (Å²) >= 11 is 12.8. The predicted octanol–water partition coefficient (Wildman–Crippen LogP) is 7.15. The zero-order valence-electron chi connectivity index (χ0n) is 16.0. The van der Waals surface area contributed by atoms with Crippen molar-refractivity contribution >= 4 is 31.3 Å². The van der Waals surface area contributed by atoms with E-state index in [9.17, 15) is 0 Å². The number of benzene rings is 2. The first-order valence-electron chi connectivity index (χ1n) is 8.48. The van der Waals surface area contributed by atoms with E-state index in [4.69, 9.17) is 32.7 Å². The zero-order chi connectivity index (χ0) is 19.5. The molecule has 2 aromatic rings. The lowest BCUT2D eigenvalue weighted by atomic mass is 10.0. The summed E-state index contributed by atoms with van der Waals surface area (Å²) in [6.45, 7) is 10.8. The summed E-state index contributed by atoms with van der Waals surface area (Å²) in [5.41, 5.74) is 5.17. The molecule has 0 atom stereocenters. The van der Waals surface area contributed by atoms with Gasteiger partial charge in [0, 0.05) is 11.1 Å². The van der Waals surface area contributed by atoms with Crippen LogP contribution in [0.2, 0.25) is 29.7 Å². The lowest BCUT2D eigenvalue weighted by molar-refractivity contribution is 0.405. The highest BCUT2D eigenvalue weighted by atomic mass is 35.5. The summed E-state index contributed by atoms with van der Waals surface area (Å²) < 4.78 is 11.4. The number of hydrogen-bond acceptors (Lipinski definition) is 2. The quantitative estimate of drug-likeness (QED) is 0.396. The van der Waals surface area contributed by atoms with Crippen molar-refractivity contribution in [3.8, 4) is 28.7 Å². The Morgan fingerprint density at radius 1 is 1.00 bits per heavy atom. The minimum Gasteiger partial charge on any atom is -0.496 e. The molecular weight excluding hydrogens is 383 g/mol. The molecule has 5 heteroatoms. The molecule has 0 heterocycles. The Kier molecular flexibility index (Phi) is 6.68. The molecule has 0 radical (unpaired) electrons. The van der Waals surface area contributed by atoms with Crippen LogP contribution in [0.1, 0.15) is 30.9 Å². The monoisotopic (exact) mass is 406 g/mol. The average molecular weight is 407 g/mol. The Hall–Kier alpha value is -1.60. The van der Waals surface area contributed by atoms with Crippen LogP contribution in [0.15, 0.2) is 30.3 Å². The Morgan fingerprint density at radius 2 is 1.62 bits per heavy atom. The van der Waals surface area contributed by atoms with Gasteiger partial charge in [-0.1, -0.05) is 62.6 Å². The van der Waals surface area contributed by atoms with Gasteiger partial charge in [-0.05, 0) is 36.2 Å². The molecule has 0 N–H and O–H groups in total. The van der Waals surface area contributed by atoms with E-state index in [0.29, 0.717) is 27.5 Å². The number of halogens is 2. The summed E-state index contributed by atoms with van der Waals surface area (Å²) in [7, 11) is 0.196. The van der Waals surface area contributed by atoms with E-state index < -0.39 is 8.07 Å². The van der Waals surface area contributed by atoms with Gasteiger partial charge in [0.25, 0.3) is 0 Å². The van der Waals surface area contributed by atoms with E-state index in [2.05, 4.69) is 45.0 Å². The molecule has 0 bridgehead atoms. The van der Waals surface area contributed by atoms with Crippen LogP contribution in [-0.2, 0) is 0 Å². The van der Waals surface area contributed by atoms with Crippen LogP contribution in [0, 0.1) is 11.5 Å². The van der Waals surface area contributed by atoms with Gasteiger partial charge in [-0.15, -0.1) is 5.54 Å².